The molecule has 0 fully saturated rings. The molecule has 0 atom stereocenters. The average molecular weight is 316 g/mol. The highest BCUT2D eigenvalue weighted by Gasteiger charge is 2.20. The molecule has 0 aliphatic heterocycles. The summed E-state index contributed by atoms with van der Waals surface area (Å²) in [7, 11) is 4.66. The molecule has 0 N–H and O–H groups in total. The Hall–Kier alpha value is -3.03. The van der Waals surface area contributed by atoms with Crippen molar-refractivity contribution in [3.05, 3.63) is 36.5 Å². The van der Waals surface area contributed by atoms with E-state index in [0.717, 1.165) is 0 Å². The van der Waals surface area contributed by atoms with Crippen molar-refractivity contribution in [2.24, 2.45) is 0 Å². The summed E-state index contributed by atoms with van der Waals surface area (Å²) in [5, 5.41) is 8.11. The first-order valence-corrected chi connectivity index (χ1v) is 6.86. The van der Waals surface area contributed by atoms with Crippen molar-refractivity contribution >= 4 is 0 Å². The van der Waals surface area contributed by atoms with Gasteiger partial charge in [0.05, 0.1) is 26.9 Å². The van der Waals surface area contributed by atoms with E-state index in [2.05, 4.69) is 15.2 Å². The highest BCUT2D eigenvalue weighted by molar-refractivity contribution is 5.71. The maximum absolute atomic E-state index is 5.44. The summed E-state index contributed by atoms with van der Waals surface area (Å²) in [5.74, 6) is 2.38. The van der Waals surface area contributed by atoms with E-state index in [0.29, 0.717) is 41.1 Å². The largest absolute Gasteiger partial charge is 0.493 e. The van der Waals surface area contributed by atoms with Crippen LogP contribution in [0.2, 0.25) is 0 Å². The SMILES string of the molecule is COc1ccc(-c2noc(Cn3cccn3)n2)c(OC)c1OC. The Morgan fingerprint density at radius 2 is 1.91 bits per heavy atom. The van der Waals surface area contributed by atoms with E-state index in [9.17, 15) is 0 Å². The molecule has 3 aromatic rings. The van der Waals surface area contributed by atoms with Crippen LogP contribution in [0, 0.1) is 0 Å². The third-order valence-corrected chi connectivity index (χ3v) is 3.27. The highest BCUT2D eigenvalue weighted by atomic mass is 16.5. The Labute approximate surface area is 132 Å². The quantitative estimate of drug-likeness (QED) is 0.687. The second-order valence-corrected chi connectivity index (χ2v) is 4.60. The molecule has 0 aliphatic carbocycles. The minimum absolute atomic E-state index is 0.398. The number of ether oxygens (including phenoxy) is 3. The Kier molecular flexibility index (Phi) is 4.13. The van der Waals surface area contributed by atoms with Crippen molar-refractivity contribution < 1.29 is 18.7 Å². The zero-order chi connectivity index (χ0) is 16.2. The van der Waals surface area contributed by atoms with Crippen LogP contribution in [0.3, 0.4) is 0 Å². The zero-order valence-corrected chi connectivity index (χ0v) is 13.0. The predicted octanol–water partition coefficient (Wildman–Crippen LogP) is 2.01. The molecular formula is C15H16N4O4. The van der Waals surface area contributed by atoms with Gasteiger partial charge in [-0.25, -0.2) is 0 Å². The monoisotopic (exact) mass is 316 g/mol. The van der Waals surface area contributed by atoms with Crippen LogP contribution in [0.4, 0.5) is 0 Å². The lowest BCUT2D eigenvalue weighted by molar-refractivity contribution is 0.325. The van der Waals surface area contributed by atoms with Gasteiger partial charge in [0.1, 0.15) is 6.54 Å². The van der Waals surface area contributed by atoms with E-state index in [-0.39, 0.29) is 0 Å². The number of benzene rings is 1. The van der Waals surface area contributed by atoms with Gasteiger partial charge in [-0.3, -0.25) is 4.68 Å². The zero-order valence-electron chi connectivity index (χ0n) is 13.0. The molecule has 1 aromatic carbocycles. The average Bonchev–Trinajstić information content (AvgIpc) is 3.25. The van der Waals surface area contributed by atoms with Crippen LogP contribution in [0.15, 0.2) is 35.1 Å². The molecule has 0 unspecified atom stereocenters. The molecule has 0 bridgehead atoms. The minimum atomic E-state index is 0.398. The predicted molar refractivity (Wildman–Crippen MR) is 80.7 cm³/mol. The molecule has 0 saturated carbocycles. The molecule has 0 amide bonds. The van der Waals surface area contributed by atoms with E-state index in [4.69, 9.17) is 18.7 Å². The standard InChI is InChI=1S/C15H16N4O4/c1-20-11-6-5-10(13(21-2)14(11)22-3)15-17-12(23-18-15)9-19-8-4-7-16-19/h4-8H,9H2,1-3H3. The van der Waals surface area contributed by atoms with Crippen molar-refractivity contribution in [3.63, 3.8) is 0 Å². The second-order valence-electron chi connectivity index (χ2n) is 4.60. The number of nitrogens with zero attached hydrogens (tertiary/aromatic N) is 4. The van der Waals surface area contributed by atoms with Gasteiger partial charge in [-0.2, -0.15) is 10.1 Å². The molecule has 120 valence electrons. The molecule has 8 heteroatoms. The van der Waals surface area contributed by atoms with E-state index in [1.807, 2.05) is 12.3 Å². The van der Waals surface area contributed by atoms with Crippen molar-refractivity contribution in [2.75, 3.05) is 21.3 Å². The Bertz CT molecular complexity index is 783. The smallest absolute Gasteiger partial charge is 0.248 e. The van der Waals surface area contributed by atoms with Crippen molar-refractivity contribution in [1.29, 1.82) is 0 Å². The van der Waals surface area contributed by atoms with E-state index in [1.165, 1.54) is 0 Å². The summed E-state index contributed by atoms with van der Waals surface area (Å²) < 4.78 is 23.0. The van der Waals surface area contributed by atoms with E-state index >= 15 is 0 Å². The van der Waals surface area contributed by atoms with Crippen LogP contribution >= 0.6 is 0 Å². The van der Waals surface area contributed by atoms with Gasteiger partial charge in [0.15, 0.2) is 11.5 Å². The first kappa shape index (κ1) is 14.9. The van der Waals surface area contributed by atoms with Crippen LogP contribution in [0.5, 0.6) is 17.2 Å². The van der Waals surface area contributed by atoms with Gasteiger partial charge in [-0.05, 0) is 18.2 Å². The lowest BCUT2D eigenvalue weighted by Gasteiger charge is -2.13. The third-order valence-electron chi connectivity index (χ3n) is 3.27. The maximum atomic E-state index is 5.44. The van der Waals surface area contributed by atoms with Crippen LogP contribution < -0.4 is 14.2 Å². The van der Waals surface area contributed by atoms with E-state index < -0.39 is 0 Å². The summed E-state index contributed by atoms with van der Waals surface area (Å²) in [6.45, 7) is 0.398. The molecule has 0 radical (unpaired) electrons. The normalized spacial score (nSPS) is 10.6. The Morgan fingerprint density at radius 1 is 1.09 bits per heavy atom. The highest BCUT2D eigenvalue weighted by Crippen LogP contribution is 2.43. The van der Waals surface area contributed by atoms with Gasteiger partial charge in [0, 0.05) is 12.4 Å². The topological polar surface area (TPSA) is 84.4 Å². The lowest BCUT2D eigenvalue weighted by Crippen LogP contribution is -2.00. The van der Waals surface area contributed by atoms with Crippen LogP contribution in [-0.2, 0) is 6.54 Å². The van der Waals surface area contributed by atoms with E-state index in [1.54, 1.807) is 44.3 Å². The maximum Gasteiger partial charge on any atom is 0.248 e. The number of hydrogen-bond donors (Lipinski definition) is 0. The molecule has 3 rings (SSSR count). The van der Waals surface area contributed by atoms with Crippen LogP contribution in [0.1, 0.15) is 5.89 Å². The van der Waals surface area contributed by atoms with Gasteiger partial charge >= 0.3 is 0 Å². The fourth-order valence-electron chi connectivity index (χ4n) is 2.24. The molecule has 0 spiro atoms. The number of aromatic nitrogens is 4. The molecule has 0 saturated heterocycles. The molecule has 2 aromatic heterocycles. The van der Waals surface area contributed by atoms with Crippen LogP contribution in [0.25, 0.3) is 11.4 Å². The number of rotatable bonds is 6. The first-order chi connectivity index (χ1) is 11.3. The molecular weight excluding hydrogens is 300 g/mol. The van der Waals surface area contributed by atoms with Crippen molar-refractivity contribution in [3.8, 4) is 28.6 Å². The van der Waals surface area contributed by atoms with Crippen molar-refractivity contribution in [1.82, 2.24) is 19.9 Å². The van der Waals surface area contributed by atoms with Gasteiger partial charge < -0.3 is 18.7 Å². The summed E-state index contributed by atoms with van der Waals surface area (Å²) in [6, 6.07) is 5.39. The van der Waals surface area contributed by atoms with Gasteiger partial charge in [0.25, 0.3) is 0 Å². The van der Waals surface area contributed by atoms with Gasteiger partial charge in [-0.1, -0.05) is 5.16 Å². The number of methoxy groups -OCH3 is 3. The minimum Gasteiger partial charge on any atom is -0.493 e. The Balaban J connectivity index is 1.97. The summed E-state index contributed by atoms with van der Waals surface area (Å²) in [5.41, 5.74) is 0.653. The first-order valence-electron chi connectivity index (χ1n) is 6.86. The molecule has 23 heavy (non-hydrogen) atoms. The van der Waals surface area contributed by atoms with Crippen molar-refractivity contribution in [2.45, 2.75) is 6.54 Å². The van der Waals surface area contributed by atoms with Crippen LogP contribution in [-0.4, -0.2) is 41.3 Å². The second kappa shape index (κ2) is 6.39. The van der Waals surface area contributed by atoms with Gasteiger partial charge in [-0.15, -0.1) is 0 Å². The lowest BCUT2D eigenvalue weighted by atomic mass is 10.1. The Morgan fingerprint density at radius 3 is 2.57 bits per heavy atom. The summed E-state index contributed by atoms with van der Waals surface area (Å²) in [6.07, 6.45) is 3.51. The third kappa shape index (κ3) is 2.83. The molecule has 0 aliphatic rings. The fourth-order valence-corrected chi connectivity index (χ4v) is 2.24. The summed E-state index contributed by atoms with van der Waals surface area (Å²) >= 11 is 0. The number of hydrogen-bond acceptors (Lipinski definition) is 7. The molecule has 8 nitrogen and oxygen atoms in total. The summed E-state index contributed by atoms with van der Waals surface area (Å²) in [4.78, 5) is 4.38. The fraction of sp³-hybridized carbons (Fsp3) is 0.267. The van der Waals surface area contributed by atoms with Gasteiger partial charge in [0.2, 0.25) is 17.5 Å². The molecule has 2 heterocycles.